The summed E-state index contributed by atoms with van der Waals surface area (Å²) in [5, 5.41) is 5.71. The van der Waals surface area contributed by atoms with Gasteiger partial charge >= 0.3 is 0 Å². The Labute approximate surface area is 62.2 Å². The molecule has 54 valence electrons. The first-order valence-electron chi connectivity index (χ1n) is 3.03. The molecule has 0 spiro atoms. The van der Waals surface area contributed by atoms with E-state index >= 15 is 0 Å². The molecule has 0 radical (unpaired) electrons. The van der Waals surface area contributed by atoms with E-state index in [0.717, 1.165) is 5.71 Å². The van der Waals surface area contributed by atoms with Crippen molar-refractivity contribution in [3.8, 4) is 12.3 Å². The highest BCUT2D eigenvalue weighted by molar-refractivity contribution is 5.83. The highest BCUT2D eigenvalue weighted by Crippen LogP contribution is 1.88. The summed E-state index contributed by atoms with van der Waals surface area (Å²) in [7, 11) is 1.81. The lowest BCUT2D eigenvalue weighted by Crippen LogP contribution is -2.04. The number of rotatable bonds is 3. The van der Waals surface area contributed by atoms with Gasteiger partial charge in [-0.05, 0) is 6.92 Å². The minimum absolute atomic E-state index is 0.595. The summed E-state index contributed by atoms with van der Waals surface area (Å²) in [6.07, 6.45) is 7.29. The maximum Gasteiger partial charge on any atom is 0.0486 e. The molecule has 0 bridgehead atoms. The molecule has 0 aromatic heterocycles. The Bertz CT molecular complexity index is 174. The first-order valence-corrected chi connectivity index (χ1v) is 3.03. The van der Waals surface area contributed by atoms with E-state index in [4.69, 9.17) is 6.42 Å². The zero-order valence-electron chi connectivity index (χ0n) is 6.46. The highest BCUT2D eigenvalue weighted by atomic mass is 15.4. The normalized spacial score (nSPS) is 10.3. The quantitative estimate of drug-likeness (QED) is 0.326. The fourth-order valence-electron chi connectivity index (χ4n) is 0.493. The summed E-state index contributed by atoms with van der Waals surface area (Å²) < 4.78 is 0. The first-order chi connectivity index (χ1) is 4.70. The number of terminal acetylenes is 1. The fourth-order valence-corrected chi connectivity index (χ4v) is 0.493. The van der Waals surface area contributed by atoms with Gasteiger partial charge in [0.15, 0.2) is 0 Å². The second-order valence-electron chi connectivity index (χ2n) is 1.97. The summed E-state index contributed by atoms with van der Waals surface area (Å²) >= 11 is 0. The van der Waals surface area contributed by atoms with Crippen LogP contribution in [0.2, 0.25) is 0 Å². The predicted molar refractivity (Wildman–Crippen MR) is 44.5 cm³/mol. The van der Waals surface area contributed by atoms with Gasteiger partial charge in [-0.3, -0.25) is 5.01 Å². The van der Waals surface area contributed by atoms with Crippen molar-refractivity contribution in [1.29, 1.82) is 0 Å². The van der Waals surface area contributed by atoms with Crippen molar-refractivity contribution in [2.75, 3.05) is 7.05 Å². The SMILES string of the molecule is C#CCC(C)=NN(C)C=C. The van der Waals surface area contributed by atoms with Crippen LogP contribution < -0.4 is 0 Å². The Morgan fingerprint density at radius 3 is 2.90 bits per heavy atom. The van der Waals surface area contributed by atoms with Gasteiger partial charge in [-0.25, -0.2) is 0 Å². The van der Waals surface area contributed by atoms with Crippen molar-refractivity contribution in [1.82, 2.24) is 5.01 Å². The molecule has 0 aliphatic carbocycles. The van der Waals surface area contributed by atoms with Crippen LogP contribution in [0.15, 0.2) is 17.9 Å². The zero-order valence-corrected chi connectivity index (χ0v) is 6.46. The average Bonchev–Trinajstić information content (AvgIpc) is 1.88. The topological polar surface area (TPSA) is 15.6 Å². The Morgan fingerprint density at radius 2 is 2.50 bits per heavy atom. The van der Waals surface area contributed by atoms with E-state index in [2.05, 4.69) is 17.6 Å². The standard InChI is InChI=1S/C8H12N2/c1-5-7-8(3)9-10(4)6-2/h1,6H,2,7H2,3-4H3. The van der Waals surface area contributed by atoms with Gasteiger partial charge in [0.25, 0.3) is 0 Å². The second-order valence-corrected chi connectivity index (χ2v) is 1.97. The van der Waals surface area contributed by atoms with E-state index in [0.29, 0.717) is 6.42 Å². The van der Waals surface area contributed by atoms with Crippen molar-refractivity contribution < 1.29 is 0 Å². The molecule has 0 aliphatic heterocycles. The molecule has 0 atom stereocenters. The van der Waals surface area contributed by atoms with Crippen molar-refractivity contribution >= 4 is 5.71 Å². The molecule has 0 aliphatic rings. The lowest BCUT2D eigenvalue weighted by atomic mass is 10.3. The third-order valence-corrected chi connectivity index (χ3v) is 0.951. The highest BCUT2D eigenvalue weighted by Gasteiger charge is 1.87. The molecule has 0 aromatic carbocycles. The molecule has 0 fully saturated rings. The fraction of sp³-hybridized carbons (Fsp3) is 0.375. The zero-order chi connectivity index (χ0) is 7.98. The lowest BCUT2D eigenvalue weighted by Gasteiger charge is -2.05. The van der Waals surface area contributed by atoms with Gasteiger partial charge < -0.3 is 0 Å². The van der Waals surface area contributed by atoms with Crippen LogP contribution in [-0.4, -0.2) is 17.8 Å². The van der Waals surface area contributed by atoms with E-state index < -0.39 is 0 Å². The summed E-state index contributed by atoms with van der Waals surface area (Å²) in [5.74, 6) is 2.51. The summed E-state index contributed by atoms with van der Waals surface area (Å²) in [6.45, 7) is 5.43. The maximum atomic E-state index is 5.07. The van der Waals surface area contributed by atoms with Crippen molar-refractivity contribution in [3.05, 3.63) is 12.8 Å². The molecule has 0 rings (SSSR count). The van der Waals surface area contributed by atoms with E-state index in [1.807, 2.05) is 14.0 Å². The molecular weight excluding hydrogens is 124 g/mol. The van der Waals surface area contributed by atoms with Crippen LogP contribution in [0.25, 0.3) is 0 Å². The lowest BCUT2D eigenvalue weighted by molar-refractivity contribution is 0.490. The van der Waals surface area contributed by atoms with Crippen molar-refractivity contribution in [2.24, 2.45) is 5.10 Å². The van der Waals surface area contributed by atoms with Gasteiger partial charge in [0.1, 0.15) is 0 Å². The first kappa shape index (κ1) is 8.77. The van der Waals surface area contributed by atoms with Gasteiger partial charge in [-0.15, -0.1) is 12.3 Å². The summed E-state index contributed by atoms with van der Waals surface area (Å²) in [4.78, 5) is 0. The summed E-state index contributed by atoms with van der Waals surface area (Å²) in [6, 6.07) is 0. The maximum absolute atomic E-state index is 5.07. The predicted octanol–water partition coefficient (Wildman–Crippen LogP) is 1.46. The van der Waals surface area contributed by atoms with E-state index in [-0.39, 0.29) is 0 Å². The van der Waals surface area contributed by atoms with Gasteiger partial charge in [-0.1, -0.05) is 6.58 Å². The third kappa shape index (κ3) is 3.73. The molecule has 2 nitrogen and oxygen atoms in total. The molecule has 0 N–H and O–H groups in total. The van der Waals surface area contributed by atoms with E-state index in [9.17, 15) is 0 Å². The molecule has 0 unspecified atom stereocenters. The van der Waals surface area contributed by atoms with Gasteiger partial charge in [0, 0.05) is 25.4 Å². The number of hydrazone groups is 1. The molecule has 0 aromatic rings. The van der Waals surface area contributed by atoms with Crippen LogP contribution in [-0.2, 0) is 0 Å². The molecule has 0 saturated heterocycles. The molecule has 0 saturated carbocycles. The minimum atomic E-state index is 0.595. The largest absolute Gasteiger partial charge is 0.277 e. The van der Waals surface area contributed by atoms with Crippen molar-refractivity contribution in [2.45, 2.75) is 13.3 Å². The minimum Gasteiger partial charge on any atom is -0.277 e. The number of hydrogen-bond acceptors (Lipinski definition) is 2. The van der Waals surface area contributed by atoms with Crippen LogP contribution in [0.3, 0.4) is 0 Å². The molecule has 0 heterocycles. The second kappa shape index (κ2) is 4.63. The van der Waals surface area contributed by atoms with Crippen LogP contribution in [0.1, 0.15) is 13.3 Å². The Morgan fingerprint density at radius 1 is 1.90 bits per heavy atom. The molecule has 2 heteroatoms. The monoisotopic (exact) mass is 136 g/mol. The smallest absolute Gasteiger partial charge is 0.0486 e. The number of hydrogen-bond donors (Lipinski definition) is 0. The Kier molecular flexibility index (Phi) is 4.06. The van der Waals surface area contributed by atoms with Crippen LogP contribution in [0.5, 0.6) is 0 Å². The van der Waals surface area contributed by atoms with E-state index in [1.165, 1.54) is 0 Å². The van der Waals surface area contributed by atoms with Gasteiger partial charge in [0.2, 0.25) is 0 Å². The Hall–Kier alpha value is -1.23. The summed E-state index contributed by atoms with van der Waals surface area (Å²) in [5.41, 5.74) is 0.921. The van der Waals surface area contributed by atoms with E-state index in [1.54, 1.807) is 11.2 Å². The molecular formula is C8H12N2. The van der Waals surface area contributed by atoms with Crippen LogP contribution in [0, 0.1) is 12.3 Å². The van der Waals surface area contributed by atoms with Crippen LogP contribution in [0.4, 0.5) is 0 Å². The average molecular weight is 136 g/mol. The van der Waals surface area contributed by atoms with Gasteiger partial charge in [0.05, 0.1) is 0 Å². The molecule has 10 heavy (non-hydrogen) atoms. The number of nitrogens with zero attached hydrogens (tertiary/aromatic N) is 2. The third-order valence-electron chi connectivity index (χ3n) is 0.951. The Balaban J connectivity index is 3.91. The molecule has 0 amide bonds. The van der Waals surface area contributed by atoms with Gasteiger partial charge in [-0.2, -0.15) is 5.10 Å². The van der Waals surface area contributed by atoms with Crippen molar-refractivity contribution in [3.63, 3.8) is 0 Å². The van der Waals surface area contributed by atoms with Crippen LogP contribution >= 0.6 is 0 Å².